The number of aromatic nitrogens is 5. The summed E-state index contributed by atoms with van der Waals surface area (Å²) in [6.45, 7) is 5.97. The third kappa shape index (κ3) is 7.25. The van der Waals surface area contributed by atoms with Gasteiger partial charge in [-0.05, 0) is 20.8 Å². The molecule has 1 saturated carbocycles. The standard InChI is InChI=1S/C13H16N8O.C6H12.C2H6O/c1-6(2)21-5-16-10-11(19-13(15)20-12(10)21)17-7-3-8(14)18-9(22)4-7;1-2-4-6-5-3-1;1-2-3/h3-6H,1-2H3,(H6,14,15,17,18,19,20,22);1-6H2;3H,2H2,1H3. The summed E-state index contributed by atoms with van der Waals surface area (Å²) in [5.41, 5.74) is 12.8. The Morgan fingerprint density at radius 2 is 1.71 bits per heavy atom. The lowest BCUT2D eigenvalue weighted by Crippen LogP contribution is -2.10. The van der Waals surface area contributed by atoms with Crippen molar-refractivity contribution < 1.29 is 5.11 Å². The van der Waals surface area contributed by atoms with Gasteiger partial charge in [-0.15, -0.1) is 0 Å². The summed E-state index contributed by atoms with van der Waals surface area (Å²) in [6.07, 6.45) is 10.7. The highest BCUT2D eigenvalue weighted by Crippen LogP contribution is 2.25. The molecule has 0 aliphatic heterocycles. The van der Waals surface area contributed by atoms with Gasteiger partial charge in [0.25, 0.3) is 5.56 Å². The number of imidazole rings is 1. The molecule has 0 atom stereocenters. The molecule has 0 bridgehead atoms. The van der Waals surface area contributed by atoms with E-state index in [1.165, 1.54) is 44.6 Å². The van der Waals surface area contributed by atoms with Crippen molar-refractivity contribution in [3.05, 3.63) is 28.8 Å². The van der Waals surface area contributed by atoms with E-state index in [4.69, 9.17) is 16.6 Å². The van der Waals surface area contributed by atoms with Gasteiger partial charge < -0.3 is 31.4 Å². The smallest absolute Gasteiger partial charge is 0.251 e. The number of nitrogens with two attached hydrogens (primary N) is 2. The summed E-state index contributed by atoms with van der Waals surface area (Å²) in [5, 5.41) is 10.6. The molecular formula is C21H34N8O2. The minimum atomic E-state index is -0.312. The van der Waals surface area contributed by atoms with Crippen LogP contribution in [0.25, 0.3) is 11.2 Å². The van der Waals surface area contributed by atoms with E-state index in [2.05, 4.69) is 25.3 Å². The highest BCUT2D eigenvalue weighted by atomic mass is 16.2. The van der Waals surface area contributed by atoms with Gasteiger partial charge in [-0.3, -0.25) is 4.79 Å². The molecule has 1 fully saturated rings. The monoisotopic (exact) mass is 430 g/mol. The summed E-state index contributed by atoms with van der Waals surface area (Å²) >= 11 is 0. The van der Waals surface area contributed by atoms with E-state index in [0.717, 1.165) is 0 Å². The molecule has 0 spiro atoms. The lowest BCUT2D eigenvalue weighted by molar-refractivity contribution is 0.318. The second-order valence-corrected chi connectivity index (χ2v) is 7.60. The Balaban J connectivity index is 0.000000318. The number of aliphatic hydroxyl groups excluding tert-OH is 1. The molecule has 0 saturated heterocycles. The normalized spacial score (nSPS) is 13.2. The van der Waals surface area contributed by atoms with Crippen molar-refractivity contribution in [3.8, 4) is 0 Å². The number of H-pyrrole nitrogens is 1. The van der Waals surface area contributed by atoms with Crippen molar-refractivity contribution in [2.45, 2.75) is 65.3 Å². The Morgan fingerprint density at radius 1 is 1.13 bits per heavy atom. The molecular weight excluding hydrogens is 396 g/mol. The van der Waals surface area contributed by atoms with Gasteiger partial charge in [-0.25, -0.2) is 4.98 Å². The quantitative estimate of drug-likeness (QED) is 0.423. The number of pyridine rings is 1. The summed E-state index contributed by atoms with van der Waals surface area (Å²) in [5.74, 6) is 0.795. The fourth-order valence-corrected chi connectivity index (χ4v) is 3.23. The second kappa shape index (κ2) is 11.9. The Bertz CT molecular complexity index is 997. The summed E-state index contributed by atoms with van der Waals surface area (Å²) in [7, 11) is 0. The summed E-state index contributed by atoms with van der Waals surface area (Å²) < 4.78 is 1.89. The van der Waals surface area contributed by atoms with E-state index in [0.29, 0.717) is 22.7 Å². The van der Waals surface area contributed by atoms with Crippen molar-refractivity contribution in [1.82, 2.24) is 24.5 Å². The number of nitrogens with one attached hydrogen (secondary N) is 2. The molecule has 170 valence electrons. The fraction of sp³-hybridized carbons (Fsp3) is 0.524. The fourth-order valence-electron chi connectivity index (χ4n) is 3.23. The number of aliphatic hydroxyl groups is 1. The average Bonchev–Trinajstić information content (AvgIpc) is 3.14. The van der Waals surface area contributed by atoms with Crippen molar-refractivity contribution >= 4 is 34.4 Å². The van der Waals surface area contributed by atoms with Crippen molar-refractivity contribution in [3.63, 3.8) is 0 Å². The Labute approximate surface area is 182 Å². The van der Waals surface area contributed by atoms with Gasteiger partial charge in [0.1, 0.15) is 5.82 Å². The third-order valence-corrected chi connectivity index (χ3v) is 4.62. The van der Waals surface area contributed by atoms with Crippen LogP contribution in [0.4, 0.5) is 23.3 Å². The van der Waals surface area contributed by atoms with Gasteiger partial charge in [0, 0.05) is 30.5 Å². The number of nitrogens with zero attached hydrogens (tertiary/aromatic N) is 4. The maximum absolute atomic E-state index is 11.5. The molecule has 31 heavy (non-hydrogen) atoms. The van der Waals surface area contributed by atoms with E-state index in [1.54, 1.807) is 19.3 Å². The predicted molar refractivity (Wildman–Crippen MR) is 125 cm³/mol. The maximum Gasteiger partial charge on any atom is 0.251 e. The first kappa shape index (κ1) is 24.1. The van der Waals surface area contributed by atoms with Gasteiger partial charge in [0.15, 0.2) is 17.0 Å². The minimum absolute atomic E-state index is 0.121. The van der Waals surface area contributed by atoms with E-state index in [1.807, 2.05) is 18.4 Å². The zero-order valence-electron chi connectivity index (χ0n) is 18.6. The molecule has 0 amide bonds. The molecule has 0 unspecified atom stereocenters. The van der Waals surface area contributed by atoms with Crippen LogP contribution in [0.1, 0.15) is 65.3 Å². The second-order valence-electron chi connectivity index (χ2n) is 7.60. The molecule has 10 nitrogen and oxygen atoms in total. The van der Waals surface area contributed by atoms with Crippen molar-refractivity contribution in [1.29, 1.82) is 0 Å². The molecule has 4 rings (SSSR count). The molecule has 7 N–H and O–H groups in total. The first-order chi connectivity index (χ1) is 14.8. The van der Waals surface area contributed by atoms with Crippen LogP contribution in [0, 0.1) is 0 Å². The van der Waals surface area contributed by atoms with Crippen LogP contribution in [0.2, 0.25) is 0 Å². The van der Waals surface area contributed by atoms with Crippen molar-refractivity contribution in [2.75, 3.05) is 23.4 Å². The number of rotatable bonds is 3. The van der Waals surface area contributed by atoms with Gasteiger partial charge in [0.2, 0.25) is 5.95 Å². The summed E-state index contributed by atoms with van der Waals surface area (Å²) in [4.78, 5) is 26.7. The lowest BCUT2D eigenvalue weighted by Gasteiger charge is -2.09. The number of aromatic amines is 1. The Morgan fingerprint density at radius 3 is 2.23 bits per heavy atom. The highest BCUT2D eigenvalue weighted by Gasteiger charge is 2.14. The zero-order chi connectivity index (χ0) is 22.8. The number of fused-ring (bicyclic) bond motifs is 1. The van der Waals surface area contributed by atoms with Crippen LogP contribution in [-0.4, -0.2) is 36.2 Å². The number of anilines is 4. The van der Waals surface area contributed by atoms with E-state index >= 15 is 0 Å². The van der Waals surface area contributed by atoms with E-state index in [-0.39, 0.29) is 30.0 Å². The maximum atomic E-state index is 11.5. The van der Waals surface area contributed by atoms with Gasteiger partial charge in [0.05, 0.1) is 6.33 Å². The zero-order valence-corrected chi connectivity index (χ0v) is 18.6. The SMILES string of the molecule is C1CCCCC1.CC(C)n1cnc2c(Nc3cc(N)[nH]c(=O)c3)nc(N)nc21.CCO. The minimum Gasteiger partial charge on any atom is -0.397 e. The Kier molecular flexibility index (Phi) is 9.26. The van der Waals surface area contributed by atoms with Gasteiger partial charge in [-0.2, -0.15) is 9.97 Å². The summed E-state index contributed by atoms with van der Waals surface area (Å²) in [6, 6.07) is 3.15. The van der Waals surface area contributed by atoms with Crippen molar-refractivity contribution in [2.24, 2.45) is 0 Å². The van der Waals surface area contributed by atoms with Crippen LogP contribution in [0.3, 0.4) is 0 Å². The van der Waals surface area contributed by atoms with Crippen LogP contribution in [-0.2, 0) is 0 Å². The topological polar surface area (TPSA) is 161 Å². The molecule has 0 radical (unpaired) electrons. The van der Waals surface area contributed by atoms with Crippen LogP contribution < -0.4 is 22.3 Å². The molecule has 3 aromatic heterocycles. The number of hydrogen-bond donors (Lipinski definition) is 5. The number of hydrogen-bond acceptors (Lipinski definition) is 8. The Hall–Kier alpha value is -3.14. The molecule has 0 aromatic carbocycles. The molecule has 10 heteroatoms. The third-order valence-electron chi connectivity index (χ3n) is 4.62. The molecule has 3 aromatic rings. The first-order valence-corrected chi connectivity index (χ1v) is 10.7. The predicted octanol–water partition coefficient (Wildman–Crippen LogP) is 3.34. The molecule has 1 aliphatic carbocycles. The van der Waals surface area contributed by atoms with Crippen LogP contribution in [0.5, 0.6) is 0 Å². The molecule has 1 aliphatic rings. The van der Waals surface area contributed by atoms with Gasteiger partial charge in [-0.1, -0.05) is 38.5 Å². The average molecular weight is 431 g/mol. The van der Waals surface area contributed by atoms with E-state index < -0.39 is 0 Å². The molecule has 3 heterocycles. The van der Waals surface area contributed by atoms with E-state index in [9.17, 15) is 4.79 Å². The van der Waals surface area contributed by atoms with Crippen LogP contribution >= 0.6 is 0 Å². The highest BCUT2D eigenvalue weighted by molar-refractivity contribution is 5.86. The lowest BCUT2D eigenvalue weighted by atomic mass is 10.0. The first-order valence-electron chi connectivity index (χ1n) is 10.7. The number of nitrogen functional groups attached to an aromatic ring is 2. The van der Waals surface area contributed by atoms with Crippen LogP contribution in [0.15, 0.2) is 23.3 Å². The largest absolute Gasteiger partial charge is 0.397 e. The van der Waals surface area contributed by atoms with Gasteiger partial charge >= 0.3 is 0 Å².